The van der Waals surface area contributed by atoms with E-state index in [0.717, 1.165) is 0 Å². The van der Waals surface area contributed by atoms with Gasteiger partial charge >= 0.3 is 0 Å². The summed E-state index contributed by atoms with van der Waals surface area (Å²) in [6.07, 6.45) is 0. The first-order valence-electron chi connectivity index (χ1n) is 5.80. The van der Waals surface area contributed by atoms with Crippen LogP contribution in [0.25, 0.3) is 0 Å². The van der Waals surface area contributed by atoms with Crippen molar-refractivity contribution in [2.45, 2.75) is 6.92 Å². The minimum absolute atomic E-state index is 0.0309. The highest BCUT2D eigenvalue weighted by atomic mass is 19.1. The van der Waals surface area contributed by atoms with Crippen molar-refractivity contribution in [3.8, 4) is 0 Å². The number of para-hydroxylation sites is 2. The van der Waals surface area contributed by atoms with Gasteiger partial charge in [0.2, 0.25) is 0 Å². The van der Waals surface area contributed by atoms with Gasteiger partial charge in [0.15, 0.2) is 0 Å². The molecule has 102 valence electrons. The maximum atomic E-state index is 13.8. The number of amides is 1. The van der Waals surface area contributed by atoms with Gasteiger partial charge in [0.05, 0.1) is 10.5 Å². The Morgan fingerprint density at radius 2 is 1.90 bits per heavy atom. The highest BCUT2D eigenvalue weighted by Crippen LogP contribution is 2.24. The fourth-order valence-corrected chi connectivity index (χ4v) is 1.75. The molecule has 0 atom stereocenters. The normalized spacial score (nSPS) is 10.1. The van der Waals surface area contributed by atoms with Crippen LogP contribution in [-0.4, -0.2) is 10.8 Å². The second kappa shape index (κ2) is 5.48. The molecule has 2 aromatic carbocycles. The van der Waals surface area contributed by atoms with Gasteiger partial charge in [0, 0.05) is 6.07 Å². The standard InChI is InChI=1S/C14H11FN2O3/c1-9-5-4-6-10(13(9)15)14(18)16-11-7-2-3-8-12(11)17(19)20/h2-8H,1H3,(H,16,18). The number of carbonyl (C=O) groups excluding carboxylic acids is 1. The largest absolute Gasteiger partial charge is 0.316 e. The van der Waals surface area contributed by atoms with Crippen molar-refractivity contribution in [2.24, 2.45) is 0 Å². The molecule has 0 aromatic heterocycles. The molecule has 5 nitrogen and oxygen atoms in total. The summed E-state index contributed by atoms with van der Waals surface area (Å²) in [6, 6.07) is 10.1. The molecule has 1 N–H and O–H groups in total. The minimum atomic E-state index is -0.722. The van der Waals surface area contributed by atoms with E-state index < -0.39 is 16.6 Å². The molecule has 1 amide bonds. The van der Waals surface area contributed by atoms with Crippen molar-refractivity contribution in [3.63, 3.8) is 0 Å². The summed E-state index contributed by atoms with van der Waals surface area (Å²) >= 11 is 0. The molecule has 2 aromatic rings. The van der Waals surface area contributed by atoms with Gasteiger partial charge in [-0.3, -0.25) is 14.9 Å². The number of aryl methyl sites for hydroxylation is 1. The third-order valence-electron chi connectivity index (χ3n) is 2.79. The van der Waals surface area contributed by atoms with Crippen molar-refractivity contribution >= 4 is 17.3 Å². The highest BCUT2D eigenvalue weighted by molar-refractivity contribution is 6.05. The van der Waals surface area contributed by atoms with Gasteiger partial charge in [-0.25, -0.2) is 4.39 Å². The van der Waals surface area contributed by atoms with Gasteiger partial charge in [-0.2, -0.15) is 0 Å². The van der Waals surface area contributed by atoms with Crippen LogP contribution in [0.15, 0.2) is 42.5 Å². The molecule has 0 saturated heterocycles. The van der Waals surface area contributed by atoms with E-state index in [4.69, 9.17) is 0 Å². The lowest BCUT2D eigenvalue weighted by molar-refractivity contribution is -0.383. The number of carbonyl (C=O) groups is 1. The minimum Gasteiger partial charge on any atom is -0.316 e. The number of nitro groups is 1. The third kappa shape index (κ3) is 2.64. The van der Waals surface area contributed by atoms with E-state index in [2.05, 4.69) is 5.32 Å². The number of anilines is 1. The maximum Gasteiger partial charge on any atom is 0.292 e. The summed E-state index contributed by atoms with van der Waals surface area (Å²) < 4.78 is 13.8. The Morgan fingerprint density at radius 1 is 1.20 bits per heavy atom. The molecule has 20 heavy (non-hydrogen) atoms. The molecule has 0 heterocycles. The average molecular weight is 274 g/mol. The van der Waals surface area contributed by atoms with Crippen molar-refractivity contribution in [1.82, 2.24) is 0 Å². The smallest absolute Gasteiger partial charge is 0.292 e. The molecule has 0 aliphatic heterocycles. The fourth-order valence-electron chi connectivity index (χ4n) is 1.75. The van der Waals surface area contributed by atoms with Crippen molar-refractivity contribution in [2.75, 3.05) is 5.32 Å². The van der Waals surface area contributed by atoms with E-state index in [1.54, 1.807) is 12.1 Å². The van der Waals surface area contributed by atoms with E-state index >= 15 is 0 Å². The van der Waals surface area contributed by atoms with Crippen LogP contribution in [0.1, 0.15) is 15.9 Å². The lowest BCUT2D eigenvalue weighted by Gasteiger charge is -2.07. The zero-order valence-corrected chi connectivity index (χ0v) is 10.6. The van der Waals surface area contributed by atoms with E-state index in [-0.39, 0.29) is 16.9 Å². The van der Waals surface area contributed by atoms with Gasteiger partial charge in [-0.15, -0.1) is 0 Å². The summed E-state index contributed by atoms with van der Waals surface area (Å²) in [4.78, 5) is 22.2. The average Bonchev–Trinajstić information content (AvgIpc) is 2.42. The zero-order chi connectivity index (χ0) is 14.7. The van der Waals surface area contributed by atoms with Crippen LogP contribution >= 0.6 is 0 Å². The zero-order valence-electron chi connectivity index (χ0n) is 10.6. The Morgan fingerprint density at radius 3 is 2.60 bits per heavy atom. The predicted octanol–water partition coefficient (Wildman–Crippen LogP) is 3.29. The monoisotopic (exact) mass is 274 g/mol. The third-order valence-corrected chi connectivity index (χ3v) is 2.79. The van der Waals surface area contributed by atoms with Crippen LogP contribution in [0, 0.1) is 22.9 Å². The lowest BCUT2D eigenvalue weighted by Crippen LogP contribution is -2.15. The molecule has 6 heteroatoms. The first-order valence-corrected chi connectivity index (χ1v) is 5.80. The summed E-state index contributed by atoms with van der Waals surface area (Å²) in [5.41, 5.74) is -0.0271. The SMILES string of the molecule is Cc1cccc(C(=O)Nc2ccccc2[N+](=O)[O-])c1F. The van der Waals surface area contributed by atoms with Crippen LogP contribution in [0.4, 0.5) is 15.8 Å². The Bertz CT molecular complexity index is 686. The van der Waals surface area contributed by atoms with Gasteiger partial charge in [0.25, 0.3) is 11.6 Å². The molecule has 0 fully saturated rings. The summed E-state index contributed by atoms with van der Waals surface area (Å²) in [6.45, 7) is 1.54. The number of hydrogen-bond donors (Lipinski definition) is 1. The van der Waals surface area contributed by atoms with Crippen LogP contribution in [0.2, 0.25) is 0 Å². The topological polar surface area (TPSA) is 72.2 Å². The molecule has 0 unspecified atom stereocenters. The Kier molecular flexibility index (Phi) is 3.74. The van der Waals surface area contributed by atoms with E-state index in [0.29, 0.717) is 5.56 Å². The molecule has 2 rings (SSSR count). The molecule has 0 aliphatic carbocycles. The lowest BCUT2D eigenvalue weighted by atomic mass is 10.1. The number of nitro benzene ring substituents is 1. The molecule has 0 bridgehead atoms. The maximum absolute atomic E-state index is 13.8. The van der Waals surface area contributed by atoms with Crippen LogP contribution < -0.4 is 5.32 Å². The predicted molar refractivity (Wildman–Crippen MR) is 72.2 cm³/mol. The van der Waals surface area contributed by atoms with Crippen molar-refractivity contribution in [1.29, 1.82) is 0 Å². The Balaban J connectivity index is 2.33. The first-order chi connectivity index (χ1) is 9.50. The second-order valence-corrected chi connectivity index (χ2v) is 4.16. The summed E-state index contributed by atoms with van der Waals surface area (Å²) in [5, 5.41) is 13.2. The number of nitrogens with one attached hydrogen (secondary N) is 1. The van der Waals surface area contributed by atoms with Crippen LogP contribution in [-0.2, 0) is 0 Å². The van der Waals surface area contributed by atoms with Crippen molar-refractivity contribution in [3.05, 3.63) is 69.5 Å². The first kappa shape index (κ1) is 13.7. The second-order valence-electron chi connectivity index (χ2n) is 4.16. The van der Waals surface area contributed by atoms with E-state index in [1.807, 2.05) is 0 Å². The van der Waals surface area contributed by atoms with E-state index in [1.165, 1.54) is 37.3 Å². The molecular weight excluding hydrogens is 263 g/mol. The van der Waals surface area contributed by atoms with Gasteiger partial charge in [-0.1, -0.05) is 24.3 Å². The van der Waals surface area contributed by atoms with Gasteiger partial charge < -0.3 is 5.32 Å². The molecule has 0 aliphatic rings. The number of hydrogen-bond acceptors (Lipinski definition) is 3. The number of rotatable bonds is 3. The summed E-state index contributed by atoms with van der Waals surface area (Å²) in [5.74, 6) is -1.36. The molecule has 0 radical (unpaired) electrons. The highest BCUT2D eigenvalue weighted by Gasteiger charge is 2.18. The van der Waals surface area contributed by atoms with Gasteiger partial charge in [-0.05, 0) is 24.6 Å². The number of benzene rings is 2. The number of nitrogens with zero attached hydrogens (tertiary/aromatic N) is 1. The number of halogens is 1. The van der Waals surface area contributed by atoms with Crippen LogP contribution in [0.3, 0.4) is 0 Å². The quantitative estimate of drug-likeness (QED) is 0.689. The van der Waals surface area contributed by atoms with Crippen LogP contribution in [0.5, 0.6) is 0 Å². The van der Waals surface area contributed by atoms with Crippen molar-refractivity contribution < 1.29 is 14.1 Å². The molecule has 0 saturated carbocycles. The fraction of sp³-hybridized carbons (Fsp3) is 0.0714. The van der Waals surface area contributed by atoms with Gasteiger partial charge in [0.1, 0.15) is 11.5 Å². The summed E-state index contributed by atoms with van der Waals surface area (Å²) in [7, 11) is 0. The molecular formula is C14H11FN2O3. The Labute approximate surface area is 114 Å². The Hall–Kier alpha value is -2.76. The van der Waals surface area contributed by atoms with E-state index in [9.17, 15) is 19.3 Å². The molecule has 0 spiro atoms.